The van der Waals surface area contributed by atoms with Crippen LogP contribution in [0.2, 0.25) is 0 Å². The molecular weight excluding hydrogens is 298 g/mol. The SMILES string of the molecule is CN=C(NCCOc1ccc2c(c1)OCO2)NCC1CCCO1. The molecule has 126 valence electrons. The van der Waals surface area contributed by atoms with E-state index in [1.807, 2.05) is 18.2 Å². The van der Waals surface area contributed by atoms with Crippen molar-refractivity contribution in [1.29, 1.82) is 0 Å². The molecule has 23 heavy (non-hydrogen) atoms. The van der Waals surface area contributed by atoms with Crippen LogP contribution in [-0.2, 0) is 4.74 Å². The smallest absolute Gasteiger partial charge is 0.231 e. The molecule has 1 atom stereocenters. The lowest BCUT2D eigenvalue weighted by Gasteiger charge is -2.15. The van der Waals surface area contributed by atoms with Gasteiger partial charge in [0.05, 0.1) is 12.6 Å². The van der Waals surface area contributed by atoms with Crippen molar-refractivity contribution < 1.29 is 18.9 Å². The zero-order valence-corrected chi connectivity index (χ0v) is 13.3. The van der Waals surface area contributed by atoms with Crippen molar-refractivity contribution in [3.8, 4) is 17.2 Å². The van der Waals surface area contributed by atoms with Crippen LogP contribution < -0.4 is 24.8 Å². The first kappa shape index (κ1) is 15.7. The molecule has 7 heteroatoms. The molecule has 0 saturated carbocycles. The van der Waals surface area contributed by atoms with Gasteiger partial charge >= 0.3 is 0 Å². The van der Waals surface area contributed by atoms with Crippen molar-refractivity contribution in [3.05, 3.63) is 18.2 Å². The Morgan fingerprint density at radius 3 is 3.04 bits per heavy atom. The first-order valence-corrected chi connectivity index (χ1v) is 7.94. The summed E-state index contributed by atoms with van der Waals surface area (Å²) in [5.74, 6) is 3.01. The topological polar surface area (TPSA) is 73.3 Å². The molecule has 2 aliphatic rings. The highest BCUT2D eigenvalue weighted by molar-refractivity contribution is 5.79. The van der Waals surface area contributed by atoms with Crippen LogP contribution in [0.5, 0.6) is 17.2 Å². The van der Waals surface area contributed by atoms with Gasteiger partial charge in [-0.1, -0.05) is 0 Å². The Labute approximate surface area is 136 Å². The van der Waals surface area contributed by atoms with Gasteiger partial charge in [-0.2, -0.15) is 0 Å². The van der Waals surface area contributed by atoms with Gasteiger partial charge in [-0.15, -0.1) is 0 Å². The number of aliphatic imine (C=N–C) groups is 1. The molecule has 3 rings (SSSR count). The molecule has 1 aromatic rings. The number of hydrogen-bond acceptors (Lipinski definition) is 5. The Bertz CT molecular complexity index is 544. The standard InChI is InChI=1S/C16H23N3O4/c1-17-16(19-10-13-3-2-7-20-13)18-6-8-21-12-4-5-14-15(9-12)23-11-22-14/h4-5,9,13H,2-3,6-8,10-11H2,1H3,(H2,17,18,19). The van der Waals surface area contributed by atoms with Crippen molar-refractivity contribution in [3.63, 3.8) is 0 Å². The van der Waals surface area contributed by atoms with Crippen molar-refractivity contribution >= 4 is 5.96 Å². The highest BCUT2D eigenvalue weighted by atomic mass is 16.7. The first-order valence-electron chi connectivity index (χ1n) is 7.94. The number of hydrogen-bond donors (Lipinski definition) is 2. The summed E-state index contributed by atoms with van der Waals surface area (Å²) in [4.78, 5) is 4.19. The summed E-state index contributed by atoms with van der Waals surface area (Å²) in [6, 6.07) is 5.57. The fourth-order valence-corrected chi connectivity index (χ4v) is 2.54. The third-order valence-electron chi connectivity index (χ3n) is 3.75. The molecule has 2 heterocycles. The van der Waals surface area contributed by atoms with Crippen LogP contribution in [0.25, 0.3) is 0 Å². The molecule has 1 saturated heterocycles. The molecule has 7 nitrogen and oxygen atoms in total. The maximum atomic E-state index is 5.70. The predicted octanol–water partition coefficient (Wildman–Crippen LogP) is 1.14. The minimum atomic E-state index is 0.271. The van der Waals surface area contributed by atoms with Gasteiger partial charge in [0.1, 0.15) is 12.4 Å². The summed E-state index contributed by atoms with van der Waals surface area (Å²) >= 11 is 0. The van der Waals surface area contributed by atoms with E-state index in [0.717, 1.165) is 49.2 Å². The van der Waals surface area contributed by atoms with Gasteiger partial charge in [0.25, 0.3) is 0 Å². The fourth-order valence-electron chi connectivity index (χ4n) is 2.54. The third kappa shape index (κ3) is 4.41. The number of guanidine groups is 1. The molecule has 0 radical (unpaired) electrons. The zero-order valence-electron chi connectivity index (χ0n) is 13.3. The van der Waals surface area contributed by atoms with Gasteiger partial charge in [-0.3, -0.25) is 4.99 Å². The highest BCUT2D eigenvalue weighted by Gasteiger charge is 2.15. The van der Waals surface area contributed by atoms with Gasteiger partial charge < -0.3 is 29.6 Å². The maximum Gasteiger partial charge on any atom is 0.231 e. The monoisotopic (exact) mass is 321 g/mol. The number of fused-ring (bicyclic) bond motifs is 1. The van der Waals surface area contributed by atoms with E-state index in [9.17, 15) is 0 Å². The van der Waals surface area contributed by atoms with Crippen LogP contribution in [0, 0.1) is 0 Å². The summed E-state index contributed by atoms with van der Waals surface area (Å²) in [6.45, 7) is 3.09. The van der Waals surface area contributed by atoms with Crippen LogP contribution in [0.3, 0.4) is 0 Å². The van der Waals surface area contributed by atoms with Crippen LogP contribution in [0.1, 0.15) is 12.8 Å². The van der Waals surface area contributed by atoms with Gasteiger partial charge in [-0.25, -0.2) is 0 Å². The van der Waals surface area contributed by atoms with E-state index in [4.69, 9.17) is 18.9 Å². The van der Waals surface area contributed by atoms with Crippen molar-refractivity contribution in [2.24, 2.45) is 4.99 Å². The molecule has 1 fully saturated rings. The molecule has 0 bridgehead atoms. The van der Waals surface area contributed by atoms with Crippen LogP contribution >= 0.6 is 0 Å². The maximum absolute atomic E-state index is 5.70. The van der Waals surface area contributed by atoms with Crippen LogP contribution in [0.15, 0.2) is 23.2 Å². The summed E-state index contributed by atoms with van der Waals surface area (Å²) < 4.78 is 21.9. The first-order chi connectivity index (χ1) is 11.3. The van der Waals surface area contributed by atoms with Crippen molar-refractivity contribution in [2.75, 3.05) is 40.1 Å². The van der Waals surface area contributed by atoms with Crippen molar-refractivity contribution in [1.82, 2.24) is 10.6 Å². The number of nitrogens with one attached hydrogen (secondary N) is 2. The average Bonchev–Trinajstić information content (AvgIpc) is 3.25. The Balaban J connectivity index is 1.35. The number of ether oxygens (including phenoxy) is 4. The van der Waals surface area contributed by atoms with E-state index < -0.39 is 0 Å². The fraction of sp³-hybridized carbons (Fsp3) is 0.562. The molecule has 2 N–H and O–H groups in total. The molecule has 0 aliphatic carbocycles. The number of benzene rings is 1. The summed E-state index contributed by atoms with van der Waals surface area (Å²) in [5.41, 5.74) is 0. The lowest BCUT2D eigenvalue weighted by molar-refractivity contribution is 0.114. The van der Waals surface area contributed by atoms with Gasteiger partial charge in [0.15, 0.2) is 17.5 Å². The van der Waals surface area contributed by atoms with Gasteiger partial charge in [-0.05, 0) is 25.0 Å². The normalized spacial score (nSPS) is 19.7. The van der Waals surface area contributed by atoms with Gasteiger partial charge in [0, 0.05) is 26.3 Å². The minimum absolute atomic E-state index is 0.271. The molecule has 0 aromatic heterocycles. The zero-order chi connectivity index (χ0) is 15.9. The van der Waals surface area contributed by atoms with E-state index >= 15 is 0 Å². The molecule has 1 unspecified atom stereocenters. The number of nitrogens with zero attached hydrogens (tertiary/aromatic N) is 1. The molecular formula is C16H23N3O4. The molecule has 0 amide bonds. The number of rotatable bonds is 6. The van der Waals surface area contributed by atoms with Crippen molar-refractivity contribution in [2.45, 2.75) is 18.9 Å². The molecule has 1 aromatic carbocycles. The lowest BCUT2D eigenvalue weighted by atomic mass is 10.2. The Kier molecular flexibility index (Phi) is 5.42. The second-order valence-electron chi connectivity index (χ2n) is 5.38. The third-order valence-corrected chi connectivity index (χ3v) is 3.75. The lowest BCUT2D eigenvalue weighted by Crippen LogP contribution is -2.42. The molecule has 0 spiro atoms. The highest BCUT2D eigenvalue weighted by Crippen LogP contribution is 2.34. The van der Waals surface area contributed by atoms with E-state index in [0.29, 0.717) is 19.3 Å². The minimum Gasteiger partial charge on any atom is -0.492 e. The predicted molar refractivity (Wildman–Crippen MR) is 86.4 cm³/mol. The van der Waals surface area contributed by atoms with Crippen LogP contribution in [0.4, 0.5) is 0 Å². The second kappa shape index (κ2) is 7.92. The van der Waals surface area contributed by atoms with E-state index in [2.05, 4.69) is 15.6 Å². The Morgan fingerprint density at radius 2 is 2.22 bits per heavy atom. The van der Waals surface area contributed by atoms with Gasteiger partial charge in [0.2, 0.25) is 6.79 Å². The van der Waals surface area contributed by atoms with E-state index in [-0.39, 0.29) is 6.79 Å². The quantitative estimate of drug-likeness (QED) is 0.465. The largest absolute Gasteiger partial charge is 0.492 e. The molecule has 2 aliphatic heterocycles. The Morgan fingerprint density at radius 1 is 1.30 bits per heavy atom. The van der Waals surface area contributed by atoms with E-state index in [1.54, 1.807) is 7.05 Å². The summed E-state index contributed by atoms with van der Waals surface area (Å²) in [6.07, 6.45) is 2.54. The summed E-state index contributed by atoms with van der Waals surface area (Å²) in [7, 11) is 1.75. The Hall–Kier alpha value is -2.15. The average molecular weight is 321 g/mol. The van der Waals surface area contributed by atoms with Crippen LogP contribution in [-0.4, -0.2) is 52.2 Å². The summed E-state index contributed by atoms with van der Waals surface area (Å²) in [5, 5.41) is 6.48. The van der Waals surface area contributed by atoms with E-state index in [1.165, 1.54) is 0 Å². The second-order valence-corrected chi connectivity index (χ2v) is 5.38.